The topological polar surface area (TPSA) is 79.1 Å². The lowest BCUT2D eigenvalue weighted by molar-refractivity contribution is -0.139. The SMILES string of the molecule is CCOC(=O)C1=C(C)N=c2sc(=Cc3cc(Br)c(OCc4ccc(Cl)cc4)c(OC)c3)c(=O)n2C1c1ccccc1Cl. The summed E-state index contributed by atoms with van der Waals surface area (Å²) in [6.07, 6.45) is 1.76. The van der Waals surface area contributed by atoms with Gasteiger partial charge in [-0.2, -0.15) is 0 Å². The third-order valence-corrected chi connectivity index (χ3v) is 8.73. The van der Waals surface area contributed by atoms with Crippen molar-refractivity contribution < 1.29 is 19.0 Å². The molecular weight excluding hydrogens is 663 g/mol. The molecular formula is C31H25BrCl2N2O5S. The van der Waals surface area contributed by atoms with E-state index in [-0.39, 0.29) is 17.7 Å². The summed E-state index contributed by atoms with van der Waals surface area (Å²) in [4.78, 5) is 32.1. The van der Waals surface area contributed by atoms with Crippen molar-refractivity contribution in [2.24, 2.45) is 4.99 Å². The third kappa shape index (κ3) is 6.06. The van der Waals surface area contributed by atoms with Crippen molar-refractivity contribution in [3.63, 3.8) is 0 Å². The van der Waals surface area contributed by atoms with Crippen LogP contribution in [0.4, 0.5) is 0 Å². The number of hydrogen-bond donors (Lipinski definition) is 0. The van der Waals surface area contributed by atoms with Gasteiger partial charge in [0, 0.05) is 10.0 Å². The lowest BCUT2D eigenvalue weighted by Crippen LogP contribution is -2.40. The van der Waals surface area contributed by atoms with Crippen molar-refractivity contribution in [3.8, 4) is 11.5 Å². The molecule has 11 heteroatoms. The summed E-state index contributed by atoms with van der Waals surface area (Å²) >= 11 is 17.4. The van der Waals surface area contributed by atoms with Gasteiger partial charge in [-0.05, 0) is 82.9 Å². The Kier molecular flexibility index (Phi) is 9.22. The zero-order valence-electron chi connectivity index (χ0n) is 22.8. The number of benzene rings is 3. The van der Waals surface area contributed by atoms with Gasteiger partial charge in [-0.1, -0.05) is 64.9 Å². The van der Waals surface area contributed by atoms with Gasteiger partial charge in [-0.25, -0.2) is 9.79 Å². The van der Waals surface area contributed by atoms with Gasteiger partial charge in [0.1, 0.15) is 12.6 Å². The molecule has 3 aromatic carbocycles. The molecule has 5 rings (SSSR count). The Bertz CT molecular complexity index is 1880. The molecule has 0 amide bonds. The van der Waals surface area contributed by atoms with Gasteiger partial charge >= 0.3 is 5.97 Å². The van der Waals surface area contributed by atoms with Crippen LogP contribution in [0.3, 0.4) is 0 Å². The first kappa shape index (κ1) is 30.1. The minimum atomic E-state index is -0.791. The van der Waals surface area contributed by atoms with E-state index < -0.39 is 12.0 Å². The lowest BCUT2D eigenvalue weighted by atomic mass is 9.96. The van der Waals surface area contributed by atoms with Gasteiger partial charge < -0.3 is 14.2 Å². The van der Waals surface area contributed by atoms with Gasteiger partial charge in [-0.3, -0.25) is 9.36 Å². The normalized spacial score (nSPS) is 14.8. The Hall–Kier alpha value is -3.37. The Balaban J connectivity index is 1.58. The Morgan fingerprint density at radius 2 is 1.88 bits per heavy atom. The molecule has 0 spiro atoms. The molecule has 42 heavy (non-hydrogen) atoms. The van der Waals surface area contributed by atoms with E-state index in [1.165, 1.54) is 15.9 Å². The molecule has 1 aromatic heterocycles. The number of thiazole rings is 1. The molecule has 0 saturated carbocycles. The van der Waals surface area contributed by atoms with Crippen molar-refractivity contribution in [3.05, 3.63) is 123 Å². The standard InChI is InChI=1S/C31H25BrCl2N2O5S/c1-4-40-30(38)26-17(2)35-31-36(27(26)21-7-5-6-8-23(21)34)29(37)25(42-31)15-19-13-22(32)28(24(14-19)39-3)41-16-18-9-11-20(33)12-10-18/h5-15,27H,4,16H2,1-3H3. The van der Waals surface area contributed by atoms with E-state index in [1.807, 2.05) is 24.3 Å². The molecule has 0 radical (unpaired) electrons. The van der Waals surface area contributed by atoms with E-state index in [1.54, 1.807) is 63.4 Å². The van der Waals surface area contributed by atoms with Crippen LogP contribution in [-0.2, 0) is 16.1 Å². The van der Waals surface area contributed by atoms with Crippen LogP contribution in [0.2, 0.25) is 10.0 Å². The number of aromatic nitrogens is 1. The molecule has 0 bridgehead atoms. The summed E-state index contributed by atoms with van der Waals surface area (Å²) in [5.74, 6) is 0.479. The molecule has 0 N–H and O–H groups in total. The Labute approximate surface area is 264 Å². The number of carbonyl (C=O) groups excluding carboxylic acids is 1. The van der Waals surface area contributed by atoms with Crippen LogP contribution in [-0.4, -0.2) is 24.3 Å². The quantitative estimate of drug-likeness (QED) is 0.199. The summed E-state index contributed by atoms with van der Waals surface area (Å²) in [6.45, 7) is 3.96. The molecule has 0 saturated heterocycles. The summed E-state index contributed by atoms with van der Waals surface area (Å²) in [5.41, 5.74) is 2.70. The van der Waals surface area contributed by atoms with Crippen molar-refractivity contribution in [1.29, 1.82) is 0 Å². The minimum Gasteiger partial charge on any atom is -0.493 e. The van der Waals surface area contributed by atoms with Gasteiger partial charge in [-0.15, -0.1) is 0 Å². The molecule has 4 aromatic rings. The second kappa shape index (κ2) is 12.9. The van der Waals surface area contributed by atoms with Gasteiger partial charge in [0.2, 0.25) is 0 Å². The fraction of sp³-hybridized carbons (Fsp3) is 0.194. The Morgan fingerprint density at radius 3 is 2.57 bits per heavy atom. The summed E-state index contributed by atoms with van der Waals surface area (Å²) < 4.78 is 19.6. The van der Waals surface area contributed by atoms with E-state index in [0.29, 0.717) is 58.8 Å². The molecule has 1 aliphatic heterocycles. The zero-order chi connectivity index (χ0) is 30.0. The van der Waals surface area contributed by atoms with Crippen LogP contribution in [0.1, 0.15) is 36.6 Å². The van der Waals surface area contributed by atoms with Crippen LogP contribution < -0.4 is 24.4 Å². The first-order chi connectivity index (χ1) is 20.2. The van der Waals surface area contributed by atoms with Crippen LogP contribution in [0.5, 0.6) is 11.5 Å². The van der Waals surface area contributed by atoms with Crippen molar-refractivity contribution in [2.75, 3.05) is 13.7 Å². The highest BCUT2D eigenvalue weighted by Gasteiger charge is 2.34. The fourth-order valence-electron chi connectivity index (χ4n) is 4.63. The summed E-state index contributed by atoms with van der Waals surface area (Å²) in [5, 5.41) is 1.08. The summed E-state index contributed by atoms with van der Waals surface area (Å²) in [7, 11) is 1.55. The first-order valence-corrected chi connectivity index (χ1v) is 15.3. The number of hydrogen-bond acceptors (Lipinski definition) is 7. The van der Waals surface area contributed by atoms with Crippen molar-refractivity contribution in [2.45, 2.75) is 26.5 Å². The Morgan fingerprint density at radius 1 is 1.14 bits per heavy atom. The maximum atomic E-state index is 13.9. The average Bonchev–Trinajstić information content (AvgIpc) is 3.26. The fourth-order valence-corrected chi connectivity index (χ4v) is 6.62. The predicted octanol–water partition coefficient (Wildman–Crippen LogP) is 6.46. The van der Waals surface area contributed by atoms with E-state index in [0.717, 1.165) is 5.56 Å². The number of esters is 1. The van der Waals surface area contributed by atoms with Crippen LogP contribution >= 0.6 is 50.5 Å². The largest absolute Gasteiger partial charge is 0.493 e. The van der Waals surface area contributed by atoms with E-state index in [9.17, 15) is 9.59 Å². The van der Waals surface area contributed by atoms with Crippen LogP contribution in [0.25, 0.3) is 6.08 Å². The number of carbonyl (C=O) groups is 1. The highest BCUT2D eigenvalue weighted by molar-refractivity contribution is 9.10. The van der Waals surface area contributed by atoms with Crippen molar-refractivity contribution >= 4 is 62.5 Å². The predicted molar refractivity (Wildman–Crippen MR) is 168 cm³/mol. The molecule has 0 aliphatic carbocycles. The maximum absolute atomic E-state index is 13.9. The molecule has 1 aliphatic rings. The number of allylic oxidation sites excluding steroid dienone is 1. The third-order valence-electron chi connectivity index (χ3n) is 6.56. The van der Waals surface area contributed by atoms with Gasteiger partial charge in [0.25, 0.3) is 5.56 Å². The number of methoxy groups -OCH3 is 1. The molecule has 1 unspecified atom stereocenters. The van der Waals surface area contributed by atoms with Crippen molar-refractivity contribution in [1.82, 2.24) is 4.57 Å². The smallest absolute Gasteiger partial charge is 0.338 e. The second-order valence-electron chi connectivity index (χ2n) is 9.27. The highest BCUT2D eigenvalue weighted by Crippen LogP contribution is 2.38. The van der Waals surface area contributed by atoms with Gasteiger partial charge in [0.15, 0.2) is 16.3 Å². The van der Waals surface area contributed by atoms with E-state index in [2.05, 4.69) is 20.9 Å². The van der Waals surface area contributed by atoms with Gasteiger partial charge in [0.05, 0.1) is 34.0 Å². The summed E-state index contributed by atoms with van der Waals surface area (Å²) in [6, 6.07) is 17.4. The van der Waals surface area contributed by atoms with Crippen LogP contribution in [0, 0.1) is 0 Å². The highest BCUT2D eigenvalue weighted by atomic mass is 79.9. The number of nitrogens with zero attached hydrogens (tertiary/aromatic N) is 2. The van der Waals surface area contributed by atoms with E-state index >= 15 is 0 Å². The zero-order valence-corrected chi connectivity index (χ0v) is 26.7. The second-order valence-corrected chi connectivity index (χ2v) is 12.0. The average molecular weight is 688 g/mol. The number of halogens is 3. The number of ether oxygens (including phenoxy) is 3. The number of fused-ring (bicyclic) bond motifs is 1. The molecule has 1 atom stereocenters. The monoisotopic (exact) mass is 686 g/mol. The first-order valence-electron chi connectivity index (χ1n) is 12.9. The molecule has 2 heterocycles. The molecule has 0 fully saturated rings. The lowest BCUT2D eigenvalue weighted by Gasteiger charge is -2.25. The van der Waals surface area contributed by atoms with Crippen LogP contribution in [0.15, 0.2) is 86.2 Å². The minimum absolute atomic E-state index is 0.186. The van der Waals surface area contributed by atoms with E-state index in [4.69, 9.17) is 37.4 Å². The molecule has 7 nitrogen and oxygen atoms in total. The molecule has 216 valence electrons. The number of rotatable bonds is 8. The maximum Gasteiger partial charge on any atom is 0.338 e.